The van der Waals surface area contributed by atoms with Crippen molar-refractivity contribution in [3.05, 3.63) is 95.1 Å². The lowest BCUT2D eigenvalue weighted by Crippen LogP contribution is -2.34. The Bertz CT molecular complexity index is 970. The minimum atomic E-state index is -0.266. The van der Waals surface area contributed by atoms with Crippen LogP contribution < -0.4 is 15.4 Å². The molecule has 1 amide bonds. The highest BCUT2D eigenvalue weighted by Gasteiger charge is 2.09. The van der Waals surface area contributed by atoms with Gasteiger partial charge < -0.3 is 10.1 Å². The van der Waals surface area contributed by atoms with Gasteiger partial charge in [-0.2, -0.15) is 0 Å². The largest absolute Gasteiger partial charge is 0.489 e. The molecule has 0 saturated heterocycles. The topological polar surface area (TPSA) is 50.4 Å². The quantitative estimate of drug-likeness (QED) is 0.601. The summed E-state index contributed by atoms with van der Waals surface area (Å²) in [6.07, 6.45) is 0. The average molecular weight is 391 g/mol. The highest BCUT2D eigenvalue weighted by Crippen LogP contribution is 2.17. The van der Waals surface area contributed by atoms with E-state index >= 15 is 0 Å². The van der Waals surface area contributed by atoms with Crippen LogP contribution in [0, 0.1) is 13.8 Å². The van der Waals surface area contributed by atoms with E-state index in [4.69, 9.17) is 17.0 Å². The zero-order valence-corrected chi connectivity index (χ0v) is 16.7. The third kappa shape index (κ3) is 5.41. The van der Waals surface area contributed by atoms with Gasteiger partial charge in [0.2, 0.25) is 0 Å². The first-order valence-corrected chi connectivity index (χ1v) is 9.38. The maximum absolute atomic E-state index is 12.4. The van der Waals surface area contributed by atoms with E-state index in [1.165, 1.54) is 0 Å². The SMILES string of the molecule is Cc1ccc(C)c(NC(=S)NC(=O)c2ccc(OCc3ccccc3)cc2)c1. The predicted octanol–water partition coefficient (Wildman–Crippen LogP) is 5.01. The van der Waals surface area contributed by atoms with Gasteiger partial charge in [0.05, 0.1) is 0 Å². The smallest absolute Gasteiger partial charge is 0.257 e. The molecule has 0 aliphatic carbocycles. The molecule has 0 fully saturated rings. The molecule has 0 spiro atoms. The van der Waals surface area contributed by atoms with Gasteiger partial charge in [-0.25, -0.2) is 0 Å². The van der Waals surface area contributed by atoms with Crippen molar-refractivity contribution in [2.45, 2.75) is 20.5 Å². The molecule has 3 aromatic carbocycles. The fourth-order valence-corrected chi connectivity index (χ4v) is 2.85. The number of carbonyl (C=O) groups excluding carboxylic acids is 1. The lowest BCUT2D eigenvalue weighted by Gasteiger charge is -2.12. The molecule has 0 atom stereocenters. The van der Waals surface area contributed by atoms with Gasteiger partial charge in [0.25, 0.3) is 5.91 Å². The molecule has 0 aliphatic rings. The number of thiocarbonyl (C=S) groups is 1. The second-order valence-electron chi connectivity index (χ2n) is 6.53. The van der Waals surface area contributed by atoms with Gasteiger partial charge in [0.1, 0.15) is 12.4 Å². The van der Waals surface area contributed by atoms with Crippen molar-refractivity contribution < 1.29 is 9.53 Å². The summed E-state index contributed by atoms with van der Waals surface area (Å²) in [7, 11) is 0. The van der Waals surface area contributed by atoms with Gasteiger partial charge in [0, 0.05) is 11.3 Å². The van der Waals surface area contributed by atoms with Crippen LogP contribution in [0.5, 0.6) is 5.75 Å². The van der Waals surface area contributed by atoms with Crippen molar-refractivity contribution in [3.63, 3.8) is 0 Å². The monoisotopic (exact) mass is 390 g/mol. The number of aryl methyl sites for hydroxylation is 2. The van der Waals surface area contributed by atoms with Crippen molar-refractivity contribution in [1.82, 2.24) is 5.32 Å². The third-order valence-corrected chi connectivity index (χ3v) is 4.44. The van der Waals surface area contributed by atoms with Crippen LogP contribution in [0.2, 0.25) is 0 Å². The van der Waals surface area contributed by atoms with Crippen LogP contribution in [0.1, 0.15) is 27.0 Å². The second kappa shape index (κ2) is 9.15. The van der Waals surface area contributed by atoms with Crippen molar-refractivity contribution in [1.29, 1.82) is 0 Å². The van der Waals surface area contributed by atoms with Crippen LogP contribution in [0.25, 0.3) is 0 Å². The maximum Gasteiger partial charge on any atom is 0.257 e. The highest BCUT2D eigenvalue weighted by atomic mass is 32.1. The first-order chi connectivity index (χ1) is 13.5. The zero-order chi connectivity index (χ0) is 19.9. The number of anilines is 1. The molecule has 0 aliphatic heterocycles. The van der Waals surface area contributed by atoms with Gasteiger partial charge in [0.15, 0.2) is 5.11 Å². The molecule has 0 radical (unpaired) electrons. The van der Waals surface area contributed by atoms with Gasteiger partial charge in [-0.1, -0.05) is 42.5 Å². The summed E-state index contributed by atoms with van der Waals surface area (Å²) in [5.41, 5.74) is 4.66. The summed E-state index contributed by atoms with van der Waals surface area (Å²) in [6, 6.07) is 23.0. The Labute approximate surface area is 170 Å². The standard InChI is InChI=1S/C23H22N2O2S/c1-16-8-9-17(2)21(14-16)24-23(28)25-22(26)19-10-12-20(13-11-19)27-15-18-6-4-3-5-7-18/h3-14H,15H2,1-2H3,(H2,24,25,26,28). The number of carbonyl (C=O) groups is 1. The molecule has 142 valence electrons. The van der Waals surface area contributed by atoms with E-state index < -0.39 is 0 Å². The average Bonchev–Trinajstić information content (AvgIpc) is 2.70. The Balaban J connectivity index is 1.55. The van der Waals surface area contributed by atoms with Crippen LogP contribution in [-0.4, -0.2) is 11.0 Å². The second-order valence-corrected chi connectivity index (χ2v) is 6.93. The van der Waals surface area contributed by atoms with Gasteiger partial charge in [-0.3, -0.25) is 10.1 Å². The zero-order valence-electron chi connectivity index (χ0n) is 15.9. The van der Waals surface area contributed by atoms with E-state index in [0.717, 1.165) is 22.4 Å². The van der Waals surface area contributed by atoms with Crippen molar-refractivity contribution >= 4 is 28.9 Å². The van der Waals surface area contributed by atoms with Crippen molar-refractivity contribution in [2.75, 3.05) is 5.32 Å². The molecule has 0 aromatic heterocycles. The van der Waals surface area contributed by atoms with Crippen LogP contribution >= 0.6 is 12.2 Å². The first-order valence-electron chi connectivity index (χ1n) is 8.97. The molecule has 2 N–H and O–H groups in total. The lowest BCUT2D eigenvalue weighted by molar-refractivity contribution is 0.0977. The summed E-state index contributed by atoms with van der Waals surface area (Å²) in [4.78, 5) is 12.4. The van der Waals surface area contributed by atoms with Crippen LogP contribution in [0.15, 0.2) is 72.8 Å². The predicted molar refractivity (Wildman–Crippen MR) is 117 cm³/mol. The fraction of sp³-hybridized carbons (Fsp3) is 0.130. The molecule has 28 heavy (non-hydrogen) atoms. The van der Waals surface area contributed by atoms with Gasteiger partial charge in [-0.05, 0) is 73.1 Å². The summed E-state index contributed by atoms with van der Waals surface area (Å²) in [5.74, 6) is 0.439. The Hall–Kier alpha value is -3.18. The molecule has 0 saturated carbocycles. The Morgan fingerprint density at radius 1 is 0.964 bits per heavy atom. The van der Waals surface area contributed by atoms with E-state index in [1.54, 1.807) is 24.3 Å². The lowest BCUT2D eigenvalue weighted by atomic mass is 10.1. The fourth-order valence-electron chi connectivity index (χ4n) is 2.64. The molecule has 0 heterocycles. The maximum atomic E-state index is 12.4. The molecule has 0 unspecified atom stereocenters. The number of rotatable bonds is 5. The van der Waals surface area contributed by atoms with Gasteiger partial charge >= 0.3 is 0 Å². The molecular formula is C23H22N2O2S. The number of ether oxygens (including phenoxy) is 1. The normalized spacial score (nSPS) is 10.2. The number of benzene rings is 3. The highest BCUT2D eigenvalue weighted by molar-refractivity contribution is 7.80. The first kappa shape index (κ1) is 19.6. The van der Waals surface area contributed by atoms with Crippen molar-refractivity contribution in [3.8, 4) is 5.75 Å². The van der Waals surface area contributed by atoms with Gasteiger partial charge in [-0.15, -0.1) is 0 Å². The van der Waals surface area contributed by atoms with E-state index in [-0.39, 0.29) is 11.0 Å². The molecular weight excluding hydrogens is 368 g/mol. The van der Waals surface area contributed by atoms with Crippen LogP contribution in [0.4, 0.5) is 5.69 Å². The van der Waals surface area contributed by atoms with E-state index in [1.807, 2.05) is 62.4 Å². The summed E-state index contributed by atoms with van der Waals surface area (Å²) in [5, 5.41) is 6.05. The summed E-state index contributed by atoms with van der Waals surface area (Å²) < 4.78 is 5.74. The van der Waals surface area contributed by atoms with E-state index in [2.05, 4.69) is 10.6 Å². The van der Waals surface area contributed by atoms with E-state index in [9.17, 15) is 4.79 Å². The molecule has 5 heteroatoms. The Morgan fingerprint density at radius 2 is 1.68 bits per heavy atom. The number of nitrogens with one attached hydrogen (secondary N) is 2. The number of hydrogen-bond acceptors (Lipinski definition) is 3. The molecule has 3 rings (SSSR count). The van der Waals surface area contributed by atoms with Crippen LogP contribution in [-0.2, 0) is 6.61 Å². The minimum absolute atomic E-state index is 0.266. The van der Waals surface area contributed by atoms with Crippen LogP contribution in [0.3, 0.4) is 0 Å². The molecule has 4 nitrogen and oxygen atoms in total. The van der Waals surface area contributed by atoms with Crippen molar-refractivity contribution in [2.24, 2.45) is 0 Å². The molecule has 0 bridgehead atoms. The number of amides is 1. The number of hydrogen-bond donors (Lipinski definition) is 2. The Kier molecular flexibility index (Phi) is 6.40. The summed E-state index contributed by atoms with van der Waals surface area (Å²) in [6.45, 7) is 4.48. The summed E-state index contributed by atoms with van der Waals surface area (Å²) >= 11 is 5.27. The van der Waals surface area contributed by atoms with E-state index in [0.29, 0.717) is 17.9 Å². The molecule has 3 aromatic rings. The Morgan fingerprint density at radius 3 is 2.39 bits per heavy atom. The third-order valence-electron chi connectivity index (χ3n) is 4.23. The minimum Gasteiger partial charge on any atom is -0.489 e.